The zero-order valence-corrected chi connectivity index (χ0v) is 50.9. The lowest BCUT2D eigenvalue weighted by atomic mass is 9.99. The van der Waals surface area contributed by atoms with Gasteiger partial charge in [-0.05, 0) is 73.9 Å². The van der Waals surface area contributed by atoms with Crippen LogP contribution in [0.4, 0.5) is 28.1 Å². The molecule has 0 radical (unpaired) electrons. The van der Waals surface area contributed by atoms with Crippen molar-refractivity contribution in [2.24, 2.45) is 0 Å². The van der Waals surface area contributed by atoms with Gasteiger partial charge in [0.05, 0.1) is 73.7 Å². The monoisotopic (exact) mass is 1180 g/mol. The maximum atomic E-state index is 13.0. The van der Waals surface area contributed by atoms with E-state index in [4.69, 9.17) is 65.1 Å². The minimum absolute atomic E-state index is 0.00477. The number of nitrogens with two attached hydrogens (primary N) is 4. The molecule has 0 aliphatic carbocycles. The van der Waals surface area contributed by atoms with E-state index >= 15 is 0 Å². The summed E-state index contributed by atoms with van der Waals surface area (Å²) in [5.41, 5.74) is 25.6. The first-order chi connectivity index (χ1) is 39.2. The van der Waals surface area contributed by atoms with Gasteiger partial charge in [-0.2, -0.15) is 0 Å². The van der Waals surface area contributed by atoms with Crippen LogP contribution in [-0.2, 0) is 27.1 Å². The van der Waals surface area contributed by atoms with E-state index in [1.807, 2.05) is 24.3 Å². The van der Waals surface area contributed by atoms with Crippen LogP contribution < -0.4 is 48.4 Å². The highest BCUT2D eigenvalue weighted by atomic mass is 35.5. The SMILES string of the molecule is CCC[C@@H](CCC(=O)c1nc(Cl)c(N)nc1N)[N+](C)(C)CCCc1ccc(OCCOCCNC(=O)NCCCCCC(=O)CCCOCCOc2ccc(CCC[N+](C)(C)[C@@H](CCC)CNC(=O)c3nc(Cl)c(N)nc3N)cc2)cc1. The van der Waals surface area contributed by atoms with Gasteiger partial charge in [-0.1, -0.05) is 80.6 Å². The number of halogens is 2. The molecule has 0 aliphatic heterocycles. The van der Waals surface area contributed by atoms with E-state index in [2.05, 4.69) is 102 Å². The highest BCUT2D eigenvalue weighted by Gasteiger charge is 2.30. The van der Waals surface area contributed by atoms with Gasteiger partial charge in [0.25, 0.3) is 5.91 Å². The molecule has 11 N–H and O–H groups in total. The number of nitrogens with zero attached hydrogens (tertiary/aromatic N) is 6. The Hall–Kier alpha value is -6.10. The Bertz CT molecular complexity index is 2400. The number of hydrogen-bond acceptors (Lipinski definition) is 16. The number of unbranched alkanes of at least 4 members (excludes halogenated alkanes) is 2. The van der Waals surface area contributed by atoms with Gasteiger partial charge in [0.15, 0.2) is 45.1 Å². The molecule has 2 atom stereocenters. The number of ketones is 2. The minimum Gasteiger partial charge on any atom is -0.491 e. The predicted molar refractivity (Wildman–Crippen MR) is 325 cm³/mol. The number of quaternary nitrogens is 2. The third kappa shape index (κ3) is 25.2. The van der Waals surface area contributed by atoms with E-state index in [1.54, 1.807) is 0 Å². The van der Waals surface area contributed by atoms with Crippen molar-refractivity contribution >= 4 is 70.0 Å². The van der Waals surface area contributed by atoms with Crippen LogP contribution in [0.1, 0.15) is 136 Å². The first-order valence-corrected chi connectivity index (χ1v) is 29.7. The zero-order chi connectivity index (χ0) is 59.9. The Morgan fingerprint density at radius 2 is 1.02 bits per heavy atom. The maximum Gasteiger partial charge on any atom is 0.314 e. The molecule has 23 heteroatoms. The van der Waals surface area contributed by atoms with Crippen molar-refractivity contribution in [2.45, 2.75) is 129 Å². The molecule has 4 rings (SSSR count). The number of aryl methyl sites for hydroxylation is 2. The number of urea groups is 1. The average Bonchev–Trinajstić information content (AvgIpc) is 3.51. The van der Waals surface area contributed by atoms with Gasteiger partial charge in [-0.15, -0.1) is 0 Å². The summed E-state index contributed by atoms with van der Waals surface area (Å²) in [6.45, 7) is 10.1. The van der Waals surface area contributed by atoms with Crippen molar-refractivity contribution < 1.29 is 47.1 Å². The highest BCUT2D eigenvalue weighted by molar-refractivity contribution is 6.32. The fourth-order valence-corrected chi connectivity index (χ4v) is 9.94. The first kappa shape index (κ1) is 68.4. The number of likely N-dealkylation sites (N-methyl/N-ethyl adjacent to an activating group) is 1. The molecule has 0 aliphatic rings. The first-order valence-electron chi connectivity index (χ1n) is 29.0. The van der Waals surface area contributed by atoms with Crippen LogP contribution in [0.5, 0.6) is 11.5 Å². The lowest BCUT2D eigenvalue weighted by Crippen LogP contribution is -2.54. The number of nitrogens with one attached hydrogen (secondary N) is 3. The molecule has 0 fully saturated rings. The highest BCUT2D eigenvalue weighted by Crippen LogP contribution is 2.25. The number of aromatic nitrogens is 4. The van der Waals surface area contributed by atoms with Gasteiger partial charge in [-0.25, -0.2) is 24.7 Å². The number of ether oxygens (including phenoxy) is 4. The number of hydrogen-bond donors (Lipinski definition) is 7. The van der Waals surface area contributed by atoms with E-state index in [1.165, 1.54) is 11.1 Å². The molecular weight excluding hydrogens is 1090 g/mol. The largest absolute Gasteiger partial charge is 0.491 e. The van der Waals surface area contributed by atoms with Gasteiger partial charge in [0.2, 0.25) is 0 Å². The topological polar surface area (TPSA) is 297 Å². The number of rotatable bonds is 42. The van der Waals surface area contributed by atoms with E-state index in [-0.39, 0.29) is 68.6 Å². The molecule has 0 unspecified atom stereocenters. The van der Waals surface area contributed by atoms with Gasteiger partial charge in [0, 0.05) is 64.6 Å². The van der Waals surface area contributed by atoms with Gasteiger partial charge in [0.1, 0.15) is 42.2 Å². The molecule has 82 heavy (non-hydrogen) atoms. The molecule has 0 saturated heterocycles. The summed E-state index contributed by atoms with van der Waals surface area (Å²) >= 11 is 12.0. The van der Waals surface area contributed by atoms with Crippen molar-refractivity contribution in [2.75, 3.05) is 123 Å². The normalized spacial score (nSPS) is 12.4. The van der Waals surface area contributed by atoms with Crippen LogP contribution in [0.25, 0.3) is 0 Å². The molecule has 0 spiro atoms. The Morgan fingerprint density at radius 3 is 1.60 bits per heavy atom. The smallest absolute Gasteiger partial charge is 0.314 e. The molecule has 2 aromatic carbocycles. The van der Waals surface area contributed by atoms with Crippen LogP contribution in [0.2, 0.25) is 10.3 Å². The third-order valence-corrected chi connectivity index (χ3v) is 15.2. The van der Waals surface area contributed by atoms with Crippen LogP contribution in [0.15, 0.2) is 48.5 Å². The summed E-state index contributed by atoms with van der Waals surface area (Å²) in [4.78, 5) is 66.4. The van der Waals surface area contributed by atoms with Crippen molar-refractivity contribution in [3.05, 3.63) is 81.4 Å². The molecule has 2 aromatic heterocycles. The lowest BCUT2D eigenvalue weighted by Gasteiger charge is -2.38. The predicted octanol–water partition coefficient (Wildman–Crippen LogP) is 8.05. The summed E-state index contributed by atoms with van der Waals surface area (Å²) in [7, 11) is 8.83. The molecule has 0 saturated carbocycles. The fourth-order valence-electron chi connectivity index (χ4n) is 9.69. The number of benzene rings is 2. The van der Waals surface area contributed by atoms with Crippen LogP contribution >= 0.6 is 23.2 Å². The summed E-state index contributed by atoms with van der Waals surface area (Å²) in [6, 6.07) is 16.5. The van der Waals surface area contributed by atoms with Gasteiger partial charge < -0.3 is 66.8 Å². The van der Waals surface area contributed by atoms with Crippen molar-refractivity contribution in [3.63, 3.8) is 0 Å². The van der Waals surface area contributed by atoms with E-state index in [9.17, 15) is 19.2 Å². The standard InChI is InChI=1S/C59H91Cl2N13O8/c1-7-15-44(25-30-49(76)50-54(62)71-56(64)52(60)69-50)73(3,4)33-12-17-42-21-28-48(29-22-42)82-40-38-80-36-32-67-59(78)66-31-11-9-10-19-46(75)20-14-35-79-37-39-81-47-26-23-43(24-27-47)18-13-34-74(5,6)45(16-8-2)41-68-58(77)51-55(63)72-57(65)53(61)70-51/h21-24,26-29,44-45H,7-20,25,30-41H2,1-6H3,(H9-2,62,63,64,65,66,67,68,71,72,76,77,78)/p+2/t44-,45-/m0/s1. The molecule has 2 heterocycles. The number of carbonyl (C=O) groups is 4. The molecule has 454 valence electrons. The van der Waals surface area contributed by atoms with E-state index in [0.29, 0.717) is 97.4 Å². The third-order valence-electron chi connectivity index (χ3n) is 14.6. The van der Waals surface area contributed by atoms with Crippen molar-refractivity contribution in [3.8, 4) is 11.5 Å². The fraction of sp³-hybridized carbons (Fsp3) is 0.593. The Balaban J connectivity index is 0.934. The summed E-state index contributed by atoms with van der Waals surface area (Å²) in [5.74, 6) is 1.10. The molecule has 0 bridgehead atoms. The second kappa shape index (κ2) is 36.5. The number of amides is 3. The number of nitrogen functional groups attached to an aromatic ring is 4. The number of anilines is 4. The molecule has 4 aromatic rings. The summed E-state index contributed by atoms with van der Waals surface area (Å²) in [5, 5.41) is 8.57. The second-order valence-corrected chi connectivity index (χ2v) is 22.6. The van der Waals surface area contributed by atoms with Crippen molar-refractivity contribution in [1.82, 2.24) is 35.9 Å². The van der Waals surface area contributed by atoms with E-state index < -0.39 is 5.91 Å². The quantitative estimate of drug-likeness (QED) is 0.0125. The average molecular weight is 1180 g/mol. The lowest BCUT2D eigenvalue weighted by molar-refractivity contribution is -0.916. The maximum absolute atomic E-state index is 13.0. The van der Waals surface area contributed by atoms with Crippen LogP contribution in [-0.4, -0.2) is 165 Å². The molecule has 21 nitrogen and oxygen atoms in total. The number of Topliss-reactive ketones (excluding diaryl/α,β-unsaturated/α-hetero) is 2. The van der Waals surface area contributed by atoms with Crippen LogP contribution in [0, 0.1) is 0 Å². The summed E-state index contributed by atoms with van der Waals surface area (Å²) in [6.07, 6.45) is 12.8. The Kier molecular flexibility index (Phi) is 30.4. The van der Waals surface area contributed by atoms with Crippen LogP contribution in [0.3, 0.4) is 0 Å². The zero-order valence-electron chi connectivity index (χ0n) is 49.4. The van der Waals surface area contributed by atoms with E-state index in [0.717, 1.165) is 104 Å². The Morgan fingerprint density at radius 1 is 0.524 bits per heavy atom. The van der Waals surface area contributed by atoms with Gasteiger partial charge in [-0.3, -0.25) is 14.4 Å². The number of carbonyl (C=O) groups excluding carboxylic acids is 4. The molecule has 3 amide bonds. The van der Waals surface area contributed by atoms with Crippen molar-refractivity contribution in [1.29, 1.82) is 0 Å². The minimum atomic E-state index is -0.429. The second-order valence-electron chi connectivity index (χ2n) is 21.9. The summed E-state index contributed by atoms with van der Waals surface area (Å²) < 4.78 is 24.7. The van der Waals surface area contributed by atoms with Gasteiger partial charge >= 0.3 is 6.03 Å². The Labute approximate surface area is 495 Å². The molecular formula is C59H93Cl2N13O8+2.